The molecule has 0 N–H and O–H groups in total. The highest BCUT2D eigenvalue weighted by atomic mass is 16.4. The number of nitrogens with zero attached hydrogens (tertiary/aromatic N) is 1. The van der Waals surface area contributed by atoms with Crippen molar-refractivity contribution < 1.29 is 4.42 Å². The third-order valence-electron chi connectivity index (χ3n) is 2.38. The van der Waals surface area contributed by atoms with Crippen LogP contribution in [-0.4, -0.2) is 14.1 Å². The lowest BCUT2D eigenvalue weighted by Gasteiger charge is -2.11. The molecule has 0 fully saturated rings. The van der Waals surface area contributed by atoms with E-state index in [1.54, 1.807) is 11.0 Å². The Balaban J connectivity index is 2.86. The van der Waals surface area contributed by atoms with Crippen molar-refractivity contribution in [3.63, 3.8) is 0 Å². The molecule has 0 aliphatic heterocycles. The van der Waals surface area contributed by atoms with Gasteiger partial charge in [-0.3, -0.25) is 4.79 Å². The van der Waals surface area contributed by atoms with Gasteiger partial charge in [-0.05, 0) is 18.6 Å². The Morgan fingerprint density at radius 1 is 1.27 bits per heavy atom. The number of fused-ring (bicyclic) bond motifs is 1. The van der Waals surface area contributed by atoms with Gasteiger partial charge < -0.3 is 9.32 Å². The van der Waals surface area contributed by atoms with E-state index < -0.39 is 0 Å². The number of aryl methyl sites for hydroxylation is 1. The topological polar surface area (TPSA) is 33.5 Å². The average Bonchev–Trinajstić information content (AvgIpc) is 2.19. The molecule has 0 saturated heterocycles. The summed E-state index contributed by atoms with van der Waals surface area (Å²) in [6, 6.07) is 7.10. The van der Waals surface area contributed by atoms with E-state index in [4.69, 9.17) is 4.42 Å². The Morgan fingerprint density at radius 2 is 2.00 bits per heavy atom. The number of anilines is 1. The van der Waals surface area contributed by atoms with E-state index in [-0.39, 0.29) is 5.43 Å². The van der Waals surface area contributed by atoms with Gasteiger partial charge in [-0.1, -0.05) is 12.1 Å². The first-order chi connectivity index (χ1) is 7.09. The molecule has 0 aliphatic carbocycles. The number of hydrogen-bond donors (Lipinski definition) is 0. The molecule has 0 saturated carbocycles. The first kappa shape index (κ1) is 9.77. The van der Waals surface area contributed by atoms with Crippen molar-refractivity contribution in [1.29, 1.82) is 0 Å². The maximum Gasteiger partial charge on any atom is 0.199 e. The lowest BCUT2D eigenvalue weighted by atomic mass is 10.1. The van der Waals surface area contributed by atoms with Gasteiger partial charge in [-0.25, -0.2) is 0 Å². The standard InChI is InChI=1S/C12H13NO2/c1-8-5-4-6-9-10(14)7-11(13(2)3)15-12(8)9/h4-7H,1-3H3. The smallest absolute Gasteiger partial charge is 0.199 e. The average molecular weight is 203 g/mol. The lowest BCUT2D eigenvalue weighted by Crippen LogP contribution is -2.12. The zero-order chi connectivity index (χ0) is 11.0. The summed E-state index contributed by atoms with van der Waals surface area (Å²) in [7, 11) is 3.70. The molecule has 0 radical (unpaired) electrons. The minimum atomic E-state index is 0.00338. The molecule has 0 aliphatic rings. The zero-order valence-electron chi connectivity index (χ0n) is 9.07. The van der Waals surface area contributed by atoms with Gasteiger partial charge in [-0.15, -0.1) is 0 Å². The van der Waals surface area contributed by atoms with Crippen molar-refractivity contribution in [3.8, 4) is 0 Å². The molecular formula is C12H13NO2. The van der Waals surface area contributed by atoms with Crippen molar-refractivity contribution in [2.45, 2.75) is 6.92 Å². The number of rotatable bonds is 1. The second-order valence-electron chi connectivity index (χ2n) is 3.79. The zero-order valence-corrected chi connectivity index (χ0v) is 9.07. The van der Waals surface area contributed by atoms with Crippen LogP contribution in [0.2, 0.25) is 0 Å². The van der Waals surface area contributed by atoms with Gasteiger partial charge in [0.1, 0.15) is 5.58 Å². The Morgan fingerprint density at radius 3 is 2.67 bits per heavy atom. The molecule has 0 spiro atoms. The van der Waals surface area contributed by atoms with E-state index in [9.17, 15) is 4.79 Å². The van der Waals surface area contributed by atoms with Crippen LogP contribution in [0.5, 0.6) is 0 Å². The van der Waals surface area contributed by atoms with Gasteiger partial charge in [0.25, 0.3) is 0 Å². The fourth-order valence-electron chi connectivity index (χ4n) is 1.53. The number of hydrogen-bond acceptors (Lipinski definition) is 3. The number of benzene rings is 1. The van der Waals surface area contributed by atoms with Gasteiger partial charge in [0.15, 0.2) is 11.3 Å². The molecule has 3 heteroatoms. The summed E-state index contributed by atoms with van der Waals surface area (Å²) in [6.45, 7) is 1.94. The summed E-state index contributed by atoms with van der Waals surface area (Å²) in [5, 5.41) is 0.639. The molecule has 0 amide bonds. The summed E-state index contributed by atoms with van der Waals surface area (Å²) in [4.78, 5) is 13.6. The molecule has 1 heterocycles. The van der Waals surface area contributed by atoms with Crippen LogP contribution >= 0.6 is 0 Å². The van der Waals surface area contributed by atoms with Crippen LogP contribution in [0.15, 0.2) is 33.5 Å². The molecule has 78 valence electrons. The van der Waals surface area contributed by atoms with Crippen molar-refractivity contribution in [2.75, 3.05) is 19.0 Å². The molecule has 2 rings (SSSR count). The van der Waals surface area contributed by atoms with Crippen LogP contribution in [0, 0.1) is 6.92 Å². The maximum absolute atomic E-state index is 11.8. The SMILES string of the molecule is Cc1cccc2c(=O)cc(N(C)C)oc12. The van der Waals surface area contributed by atoms with Gasteiger partial charge in [0, 0.05) is 20.2 Å². The summed E-state index contributed by atoms with van der Waals surface area (Å²) < 4.78 is 5.66. The minimum Gasteiger partial charge on any atom is -0.440 e. The summed E-state index contributed by atoms with van der Waals surface area (Å²) in [5.74, 6) is 0.585. The van der Waals surface area contributed by atoms with E-state index in [0.717, 1.165) is 5.56 Å². The second kappa shape index (κ2) is 3.42. The first-order valence-electron chi connectivity index (χ1n) is 4.80. The van der Waals surface area contributed by atoms with Gasteiger partial charge in [-0.2, -0.15) is 0 Å². The van der Waals surface area contributed by atoms with Crippen LogP contribution in [0.25, 0.3) is 11.0 Å². The van der Waals surface area contributed by atoms with Crippen LogP contribution in [-0.2, 0) is 0 Å². The van der Waals surface area contributed by atoms with Gasteiger partial charge in [0.2, 0.25) is 0 Å². The second-order valence-corrected chi connectivity index (χ2v) is 3.79. The Bertz CT molecular complexity index is 555. The summed E-state index contributed by atoms with van der Waals surface area (Å²) in [5.41, 5.74) is 1.66. The van der Waals surface area contributed by atoms with Crippen LogP contribution in [0.3, 0.4) is 0 Å². The van der Waals surface area contributed by atoms with Crippen molar-refractivity contribution >= 4 is 16.9 Å². The van der Waals surface area contributed by atoms with Crippen molar-refractivity contribution in [3.05, 3.63) is 40.1 Å². The highest BCUT2D eigenvalue weighted by Gasteiger charge is 2.07. The molecule has 15 heavy (non-hydrogen) atoms. The predicted octanol–water partition coefficient (Wildman–Crippen LogP) is 2.17. The third kappa shape index (κ3) is 1.61. The molecule has 0 bridgehead atoms. The van der Waals surface area contributed by atoms with E-state index in [0.29, 0.717) is 16.9 Å². The molecule has 0 atom stereocenters. The summed E-state index contributed by atoms with van der Waals surface area (Å²) >= 11 is 0. The highest BCUT2D eigenvalue weighted by molar-refractivity contribution is 5.80. The highest BCUT2D eigenvalue weighted by Crippen LogP contribution is 2.20. The van der Waals surface area contributed by atoms with E-state index in [2.05, 4.69) is 0 Å². The Labute approximate surface area is 87.9 Å². The molecule has 2 aromatic rings. The van der Waals surface area contributed by atoms with Crippen molar-refractivity contribution in [1.82, 2.24) is 0 Å². The van der Waals surface area contributed by atoms with Gasteiger partial charge in [0.05, 0.1) is 5.39 Å². The van der Waals surface area contributed by atoms with Crippen molar-refractivity contribution in [2.24, 2.45) is 0 Å². The molecule has 1 aromatic heterocycles. The quantitative estimate of drug-likeness (QED) is 0.712. The van der Waals surface area contributed by atoms with E-state index >= 15 is 0 Å². The maximum atomic E-state index is 11.8. The van der Waals surface area contributed by atoms with Crippen LogP contribution < -0.4 is 10.3 Å². The molecule has 0 unspecified atom stereocenters. The molecule has 1 aromatic carbocycles. The third-order valence-corrected chi connectivity index (χ3v) is 2.38. The van der Waals surface area contributed by atoms with Crippen LogP contribution in [0.1, 0.15) is 5.56 Å². The fraction of sp³-hybridized carbons (Fsp3) is 0.250. The monoisotopic (exact) mass is 203 g/mol. The van der Waals surface area contributed by atoms with E-state index in [1.165, 1.54) is 6.07 Å². The Hall–Kier alpha value is -1.77. The molecule has 3 nitrogen and oxygen atoms in total. The van der Waals surface area contributed by atoms with Crippen LogP contribution in [0.4, 0.5) is 5.88 Å². The molecular weight excluding hydrogens is 190 g/mol. The fourth-order valence-corrected chi connectivity index (χ4v) is 1.53. The minimum absolute atomic E-state index is 0.00338. The Kier molecular flexibility index (Phi) is 2.23. The van der Waals surface area contributed by atoms with Gasteiger partial charge >= 0.3 is 0 Å². The number of para-hydroxylation sites is 1. The van der Waals surface area contributed by atoms with E-state index in [1.807, 2.05) is 33.2 Å². The summed E-state index contributed by atoms with van der Waals surface area (Å²) in [6.07, 6.45) is 0. The normalized spacial score (nSPS) is 10.6. The largest absolute Gasteiger partial charge is 0.440 e. The lowest BCUT2D eigenvalue weighted by molar-refractivity contribution is 0.595. The first-order valence-corrected chi connectivity index (χ1v) is 4.80. The predicted molar refractivity (Wildman–Crippen MR) is 61.5 cm³/mol.